The molecular formula is C16H12ClFN2O4S. The predicted molar refractivity (Wildman–Crippen MR) is 89.2 cm³/mol. The van der Waals surface area contributed by atoms with Crippen LogP contribution < -0.4 is 4.72 Å². The third kappa shape index (κ3) is 4.68. The van der Waals surface area contributed by atoms with Crippen molar-refractivity contribution >= 4 is 33.3 Å². The first-order chi connectivity index (χ1) is 11.7. The van der Waals surface area contributed by atoms with Gasteiger partial charge in [0.15, 0.2) is 6.10 Å². The lowest BCUT2D eigenvalue weighted by molar-refractivity contribution is 0.0435. The molecule has 0 radical (unpaired) electrons. The van der Waals surface area contributed by atoms with Gasteiger partial charge in [0.2, 0.25) is 0 Å². The van der Waals surface area contributed by atoms with Gasteiger partial charge in [-0.2, -0.15) is 5.26 Å². The van der Waals surface area contributed by atoms with Gasteiger partial charge in [-0.25, -0.2) is 17.6 Å². The van der Waals surface area contributed by atoms with E-state index in [4.69, 9.17) is 21.6 Å². The number of hydrogen-bond acceptors (Lipinski definition) is 5. The van der Waals surface area contributed by atoms with Crippen molar-refractivity contribution in [3.8, 4) is 6.07 Å². The normalized spacial score (nSPS) is 12.1. The van der Waals surface area contributed by atoms with Crippen molar-refractivity contribution in [3.63, 3.8) is 0 Å². The van der Waals surface area contributed by atoms with E-state index in [1.807, 2.05) is 0 Å². The van der Waals surface area contributed by atoms with Crippen molar-refractivity contribution < 1.29 is 22.3 Å². The molecule has 1 atom stereocenters. The minimum atomic E-state index is -4.03. The molecule has 6 nitrogen and oxygen atoms in total. The van der Waals surface area contributed by atoms with E-state index >= 15 is 0 Å². The number of halogens is 2. The Bertz CT molecular complexity index is 940. The van der Waals surface area contributed by atoms with Crippen LogP contribution in [-0.4, -0.2) is 20.5 Å². The van der Waals surface area contributed by atoms with Gasteiger partial charge >= 0.3 is 5.97 Å². The van der Waals surface area contributed by atoms with Gasteiger partial charge in [0.25, 0.3) is 10.0 Å². The van der Waals surface area contributed by atoms with E-state index in [1.54, 1.807) is 6.07 Å². The molecule has 0 bridgehead atoms. The molecule has 9 heteroatoms. The van der Waals surface area contributed by atoms with Crippen LogP contribution in [0, 0.1) is 17.1 Å². The average molecular weight is 383 g/mol. The molecule has 0 fully saturated rings. The molecule has 2 aromatic carbocycles. The van der Waals surface area contributed by atoms with Gasteiger partial charge in [0, 0.05) is 0 Å². The predicted octanol–water partition coefficient (Wildman–Crippen LogP) is 3.35. The Labute approximate surface area is 148 Å². The molecule has 0 saturated heterocycles. The fraction of sp³-hybridized carbons (Fsp3) is 0.125. The van der Waals surface area contributed by atoms with E-state index in [0.29, 0.717) is 0 Å². The minimum absolute atomic E-state index is 0.0170. The van der Waals surface area contributed by atoms with E-state index < -0.39 is 27.9 Å². The molecule has 1 N–H and O–H groups in total. The van der Waals surface area contributed by atoms with E-state index in [9.17, 15) is 17.6 Å². The van der Waals surface area contributed by atoms with Crippen LogP contribution >= 0.6 is 11.6 Å². The summed E-state index contributed by atoms with van der Waals surface area (Å²) < 4.78 is 44.6. The first-order valence-corrected chi connectivity index (χ1v) is 8.77. The molecule has 0 unspecified atom stereocenters. The van der Waals surface area contributed by atoms with Crippen LogP contribution in [-0.2, 0) is 14.8 Å². The first-order valence-electron chi connectivity index (χ1n) is 6.91. The number of nitrogens with one attached hydrogen (secondary N) is 1. The van der Waals surface area contributed by atoms with Crippen molar-refractivity contribution in [2.75, 3.05) is 4.72 Å². The molecule has 0 aromatic heterocycles. The molecule has 0 saturated carbocycles. The van der Waals surface area contributed by atoms with Crippen LogP contribution in [0.25, 0.3) is 0 Å². The third-order valence-corrected chi connectivity index (χ3v) is 4.75. The van der Waals surface area contributed by atoms with Crippen LogP contribution in [0.3, 0.4) is 0 Å². The number of nitriles is 1. The lowest BCUT2D eigenvalue weighted by atomic mass is 10.2. The lowest BCUT2D eigenvalue weighted by Gasteiger charge is -2.12. The molecule has 0 amide bonds. The summed E-state index contributed by atoms with van der Waals surface area (Å²) in [5.74, 6) is -1.37. The first kappa shape index (κ1) is 18.7. The molecule has 0 heterocycles. The molecule has 130 valence electrons. The number of nitrogens with zero attached hydrogens (tertiary/aromatic N) is 1. The van der Waals surface area contributed by atoms with Crippen molar-refractivity contribution in [2.24, 2.45) is 0 Å². The number of anilines is 1. The maximum atomic E-state index is 12.9. The van der Waals surface area contributed by atoms with E-state index in [1.165, 1.54) is 25.1 Å². The number of sulfonamides is 1. The Hall–Kier alpha value is -2.63. The summed E-state index contributed by atoms with van der Waals surface area (Å²) in [5.41, 5.74) is -0.0339. The standard InChI is InChI=1S/C16H12ClFN2O4S/c1-10(9-19)24-16(21)11-2-7-14(17)15(8-11)20-25(22,23)13-5-3-12(18)4-6-13/h2-8,10,20H,1H3/t10-/m1/s1. The summed E-state index contributed by atoms with van der Waals surface area (Å²) >= 11 is 5.96. The summed E-state index contributed by atoms with van der Waals surface area (Å²) in [6.07, 6.45) is -0.956. The fourth-order valence-electron chi connectivity index (χ4n) is 1.80. The Morgan fingerprint density at radius 2 is 1.92 bits per heavy atom. The number of hydrogen-bond donors (Lipinski definition) is 1. The number of carbonyl (C=O) groups is 1. The highest BCUT2D eigenvalue weighted by atomic mass is 35.5. The summed E-state index contributed by atoms with van der Waals surface area (Å²) in [5, 5.41) is 8.71. The molecule has 0 aliphatic rings. The second-order valence-electron chi connectivity index (χ2n) is 4.93. The zero-order valence-electron chi connectivity index (χ0n) is 12.9. The van der Waals surface area contributed by atoms with Gasteiger partial charge < -0.3 is 4.74 Å². The second kappa shape index (κ2) is 7.51. The third-order valence-electron chi connectivity index (χ3n) is 3.04. The van der Waals surface area contributed by atoms with Crippen LogP contribution in [0.1, 0.15) is 17.3 Å². The van der Waals surface area contributed by atoms with Crippen molar-refractivity contribution in [1.82, 2.24) is 0 Å². The van der Waals surface area contributed by atoms with Gasteiger partial charge in [-0.15, -0.1) is 0 Å². The van der Waals surface area contributed by atoms with Gasteiger partial charge in [-0.1, -0.05) is 11.6 Å². The fourth-order valence-corrected chi connectivity index (χ4v) is 3.09. The van der Waals surface area contributed by atoms with Gasteiger partial charge in [-0.05, 0) is 49.4 Å². The topological polar surface area (TPSA) is 96.3 Å². The van der Waals surface area contributed by atoms with Crippen molar-refractivity contribution in [1.29, 1.82) is 5.26 Å². The van der Waals surface area contributed by atoms with Crippen molar-refractivity contribution in [2.45, 2.75) is 17.9 Å². The Morgan fingerprint density at radius 3 is 2.52 bits per heavy atom. The van der Waals surface area contributed by atoms with Crippen LogP contribution in [0.4, 0.5) is 10.1 Å². The summed E-state index contributed by atoms with van der Waals surface area (Å²) in [4.78, 5) is 11.7. The van der Waals surface area contributed by atoms with Crippen LogP contribution in [0.5, 0.6) is 0 Å². The molecule has 2 rings (SSSR count). The number of esters is 1. The Morgan fingerprint density at radius 1 is 1.28 bits per heavy atom. The number of benzene rings is 2. The largest absolute Gasteiger partial charge is 0.444 e. The SMILES string of the molecule is C[C@H](C#N)OC(=O)c1ccc(Cl)c(NS(=O)(=O)c2ccc(F)cc2)c1. The Kier molecular flexibility index (Phi) is 5.62. The second-order valence-corrected chi connectivity index (χ2v) is 7.02. The molecule has 0 aliphatic carbocycles. The quantitative estimate of drug-likeness (QED) is 0.800. The zero-order chi connectivity index (χ0) is 18.6. The van der Waals surface area contributed by atoms with Gasteiger partial charge in [0.05, 0.1) is 21.2 Å². The summed E-state index contributed by atoms with van der Waals surface area (Å²) in [6.45, 7) is 1.39. The molecular weight excluding hydrogens is 371 g/mol. The number of rotatable bonds is 5. The highest BCUT2D eigenvalue weighted by molar-refractivity contribution is 7.92. The Balaban J connectivity index is 2.30. The smallest absolute Gasteiger partial charge is 0.339 e. The monoisotopic (exact) mass is 382 g/mol. The number of ether oxygens (including phenoxy) is 1. The van der Waals surface area contributed by atoms with Crippen LogP contribution in [0.2, 0.25) is 5.02 Å². The summed E-state index contributed by atoms with van der Waals surface area (Å²) in [6, 6.07) is 9.80. The number of carbonyl (C=O) groups excluding carboxylic acids is 1. The van der Waals surface area contributed by atoms with E-state index in [2.05, 4.69) is 4.72 Å². The zero-order valence-corrected chi connectivity index (χ0v) is 14.4. The molecule has 0 spiro atoms. The van der Waals surface area contributed by atoms with Gasteiger partial charge in [0.1, 0.15) is 11.9 Å². The van der Waals surface area contributed by atoms with Gasteiger partial charge in [-0.3, -0.25) is 4.72 Å². The average Bonchev–Trinajstić information content (AvgIpc) is 2.56. The maximum Gasteiger partial charge on any atom is 0.339 e. The molecule has 25 heavy (non-hydrogen) atoms. The van der Waals surface area contributed by atoms with Crippen LogP contribution in [0.15, 0.2) is 47.4 Å². The van der Waals surface area contributed by atoms with E-state index in [0.717, 1.165) is 24.3 Å². The highest BCUT2D eigenvalue weighted by Crippen LogP contribution is 2.26. The molecule has 2 aromatic rings. The summed E-state index contributed by atoms with van der Waals surface area (Å²) in [7, 11) is -4.03. The minimum Gasteiger partial charge on any atom is -0.444 e. The van der Waals surface area contributed by atoms with Crippen molar-refractivity contribution in [3.05, 3.63) is 58.9 Å². The van der Waals surface area contributed by atoms with E-state index in [-0.39, 0.29) is 21.2 Å². The maximum absolute atomic E-state index is 12.9. The lowest BCUT2D eigenvalue weighted by Crippen LogP contribution is -2.15. The highest BCUT2D eigenvalue weighted by Gasteiger charge is 2.18. The molecule has 0 aliphatic heterocycles.